The van der Waals surface area contributed by atoms with Crippen molar-refractivity contribution >= 4 is 16.8 Å². The van der Waals surface area contributed by atoms with Crippen LogP contribution in [-0.4, -0.2) is 35.1 Å². The van der Waals surface area contributed by atoms with Gasteiger partial charge < -0.3 is 14.2 Å². The molecule has 136 valence electrons. The highest BCUT2D eigenvalue weighted by Crippen LogP contribution is 2.28. The fraction of sp³-hybridized carbons (Fsp3) is 0.273. The average molecular weight is 360 g/mol. The van der Waals surface area contributed by atoms with Crippen LogP contribution < -0.4 is 10.2 Å². The third kappa shape index (κ3) is 2.53. The lowest BCUT2D eigenvalue weighted by Crippen LogP contribution is -2.38. The molecule has 0 aliphatic carbocycles. The molecule has 0 radical (unpaired) electrons. The molecule has 1 atom stereocenters. The fourth-order valence-corrected chi connectivity index (χ4v) is 4.26. The molecular formula is C22H20N2O3. The van der Waals surface area contributed by atoms with Gasteiger partial charge in [0.25, 0.3) is 5.91 Å². The Hall–Kier alpha value is -3.08. The van der Waals surface area contributed by atoms with Crippen molar-refractivity contribution in [2.24, 2.45) is 0 Å². The van der Waals surface area contributed by atoms with E-state index in [1.807, 2.05) is 47.0 Å². The first kappa shape index (κ1) is 16.1. The Morgan fingerprint density at radius 3 is 2.85 bits per heavy atom. The number of hydrogen-bond acceptors (Lipinski definition) is 3. The molecule has 0 N–H and O–H groups in total. The van der Waals surface area contributed by atoms with Gasteiger partial charge in [0.1, 0.15) is 17.4 Å². The lowest BCUT2D eigenvalue weighted by Gasteiger charge is -2.21. The lowest BCUT2D eigenvalue weighted by atomic mass is 10.1. The van der Waals surface area contributed by atoms with E-state index < -0.39 is 0 Å². The van der Waals surface area contributed by atoms with Crippen LogP contribution in [0.25, 0.3) is 10.9 Å². The number of carbonyl (C=O) groups is 1. The maximum absolute atomic E-state index is 13.0. The highest BCUT2D eigenvalue weighted by molar-refractivity contribution is 5.98. The van der Waals surface area contributed by atoms with Gasteiger partial charge in [0.15, 0.2) is 0 Å². The summed E-state index contributed by atoms with van der Waals surface area (Å²) in [6, 6.07) is 13.7. The van der Waals surface area contributed by atoms with E-state index in [0.717, 1.165) is 36.2 Å². The van der Waals surface area contributed by atoms with Crippen LogP contribution in [0.5, 0.6) is 5.75 Å². The second-order valence-electron chi connectivity index (χ2n) is 7.37. The highest BCUT2D eigenvalue weighted by atomic mass is 16.5. The molecule has 0 saturated carbocycles. The zero-order valence-corrected chi connectivity index (χ0v) is 15.1. The summed E-state index contributed by atoms with van der Waals surface area (Å²) in [6.45, 7) is 1.26. The zero-order valence-electron chi connectivity index (χ0n) is 15.1. The van der Waals surface area contributed by atoms with E-state index in [1.165, 1.54) is 5.56 Å². The summed E-state index contributed by atoms with van der Waals surface area (Å²) in [5.41, 5.74) is 3.36. The van der Waals surface area contributed by atoms with Crippen LogP contribution in [-0.2, 0) is 19.4 Å². The number of carbonyl (C=O) groups excluding carboxylic acids is 1. The molecule has 1 unspecified atom stereocenters. The number of rotatable bonds is 3. The third-order valence-corrected chi connectivity index (χ3v) is 5.57. The predicted molar refractivity (Wildman–Crippen MR) is 103 cm³/mol. The van der Waals surface area contributed by atoms with E-state index in [9.17, 15) is 9.59 Å². The number of aryl methyl sites for hydroxylation is 2. The minimum absolute atomic E-state index is 0.0821. The molecule has 0 bridgehead atoms. The van der Waals surface area contributed by atoms with E-state index in [0.29, 0.717) is 11.9 Å². The first-order valence-electron chi connectivity index (χ1n) is 9.27. The largest absolute Gasteiger partial charge is 0.488 e. The summed E-state index contributed by atoms with van der Waals surface area (Å²) in [6.07, 6.45) is 3.32. The third-order valence-electron chi connectivity index (χ3n) is 5.57. The Balaban J connectivity index is 1.42. The van der Waals surface area contributed by atoms with Gasteiger partial charge >= 0.3 is 0 Å². The smallest absolute Gasteiger partial charge is 0.259 e. The molecule has 0 spiro atoms. The number of aromatic nitrogens is 1. The Kier molecular flexibility index (Phi) is 3.57. The molecule has 3 heterocycles. The SMILES string of the molecule is CN(CC1Cc2ccccc2O1)C(=O)c1cn2c3c(cccc3c1=O)CC2. The molecule has 27 heavy (non-hydrogen) atoms. The Bertz CT molecular complexity index is 1110. The Labute approximate surface area is 156 Å². The number of pyridine rings is 1. The maximum Gasteiger partial charge on any atom is 0.259 e. The monoisotopic (exact) mass is 360 g/mol. The van der Waals surface area contributed by atoms with Gasteiger partial charge in [0.05, 0.1) is 12.1 Å². The van der Waals surface area contributed by atoms with Crippen molar-refractivity contribution in [3.05, 3.63) is 75.6 Å². The summed E-state index contributed by atoms with van der Waals surface area (Å²) in [4.78, 5) is 27.5. The van der Waals surface area contributed by atoms with Gasteiger partial charge in [-0.15, -0.1) is 0 Å². The van der Waals surface area contributed by atoms with Crippen molar-refractivity contribution < 1.29 is 9.53 Å². The molecule has 2 aliphatic heterocycles. The number of para-hydroxylation sites is 2. The molecule has 2 aliphatic rings. The summed E-state index contributed by atoms with van der Waals surface area (Å²) in [5, 5.41) is 0.633. The van der Waals surface area contributed by atoms with Crippen molar-refractivity contribution in [1.82, 2.24) is 9.47 Å². The molecule has 0 fully saturated rings. The van der Waals surface area contributed by atoms with Crippen molar-refractivity contribution in [1.29, 1.82) is 0 Å². The standard InChI is InChI=1S/C22H20N2O3/c1-23(12-16-11-15-5-2-3-8-19(15)27-16)22(26)18-13-24-10-9-14-6-4-7-17(20(14)24)21(18)25/h2-8,13,16H,9-12H2,1H3. The molecule has 5 nitrogen and oxygen atoms in total. The Morgan fingerprint density at radius 2 is 2.00 bits per heavy atom. The van der Waals surface area contributed by atoms with Crippen molar-refractivity contribution in [3.63, 3.8) is 0 Å². The summed E-state index contributed by atoms with van der Waals surface area (Å²) < 4.78 is 7.98. The number of benzene rings is 2. The molecule has 3 aromatic rings. The fourth-order valence-electron chi connectivity index (χ4n) is 4.26. The predicted octanol–water partition coefficient (Wildman–Crippen LogP) is 2.63. The number of fused-ring (bicyclic) bond motifs is 1. The first-order valence-corrected chi connectivity index (χ1v) is 9.27. The normalized spacial score (nSPS) is 17.0. The van der Waals surface area contributed by atoms with Crippen LogP contribution >= 0.6 is 0 Å². The van der Waals surface area contributed by atoms with Crippen LogP contribution in [0.4, 0.5) is 0 Å². The quantitative estimate of drug-likeness (QED) is 0.722. The Morgan fingerprint density at radius 1 is 1.19 bits per heavy atom. The molecule has 1 amide bonds. The molecule has 5 heteroatoms. The second kappa shape index (κ2) is 5.98. The lowest BCUT2D eigenvalue weighted by molar-refractivity contribution is 0.0728. The van der Waals surface area contributed by atoms with Crippen LogP contribution in [0.2, 0.25) is 0 Å². The van der Waals surface area contributed by atoms with E-state index >= 15 is 0 Å². The van der Waals surface area contributed by atoms with Crippen LogP contribution in [0, 0.1) is 0 Å². The minimum Gasteiger partial charge on any atom is -0.488 e. The van der Waals surface area contributed by atoms with Crippen LogP contribution in [0.3, 0.4) is 0 Å². The number of nitrogens with zero attached hydrogens (tertiary/aromatic N) is 2. The number of amides is 1. The van der Waals surface area contributed by atoms with Gasteiger partial charge in [0.2, 0.25) is 5.43 Å². The van der Waals surface area contributed by atoms with Crippen molar-refractivity contribution in [2.75, 3.05) is 13.6 Å². The van der Waals surface area contributed by atoms with Gasteiger partial charge in [-0.1, -0.05) is 30.3 Å². The summed E-state index contributed by atoms with van der Waals surface area (Å²) in [7, 11) is 1.73. The van der Waals surface area contributed by atoms with Gasteiger partial charge in [-0.25, -0.2) is 0 Å². The second-order valence-corrected chi connectivity index (χ2v) is 7.37. The maximum atomic E-state index is 13.0. The number of ether oxygens (including phenoxy) is 1. The van der Waals surface area contributed by atoms with E-state index in [2.05, 4.69) is 0 Å². The van der Waals surface area contributed by atoms with Gasteiger partial charge in [0, 0.05) is 31.6 Å². The van der Waals surface area contributed by atoms with Crippen LogP contribution in [0.15, 0.2) is 53.5 Å². The van der Waals surface area contributed by atoms with Crippen LogP contribution in [0.1, 0.15) is 21.5 Å². The van der Waals surface area contributed by atoms with E-state index in [1.54, 1.807) is 18.1 Å². The number of hydrogen-bond donors (Lipinski definition) is 0. The molecule has 1 aromatic heterocycles. The highest BCUT2D eigenvalue weighted by Gasteiger charge is 2.27. The molecular weight excluding hydrogens is 340 g/mol. The first-order chi connectivity index (χ1) is 13.1. The van der Waals surface area contributed by atoms with Gasteiger partial charge in [-0.3, -0.25) is 9.59 Å². The van der Waals surface area contributed by atoms with Gasteiger partial charge in [-0.05, 0) is 29.7 Å². The summed E-state index contributed by atoms with van der Waals surface area (Å²) >= 11 is 0. The topological polar surface area (TPSA) is 51.5 Å². The molecule has 2 aromatic carbocycles. The molecule has 0 saturated heterocycles. The summed E-state index contributed by atoms with van der Waals surface area (Å²) in [5.74, 6) is 0.636. The zero-order chi connectivity index (χ0) is 18.5. The van der Waals surface area contributed by atoms with Crippen molar-refractivity contribution in [3.8, 4) is 5.75 Å². The average Bonchev–Trinajstić information content (AvgIpc) is 3.28. The molecule has 5 rings (SSSR count). The van der Waals surface area contributed by atoms with Crippen molar-refractivity contribution in [2.45, 2.75) is 25.5 Å². The van der Waals surface area contributed by atoms with Gasteiger partial charge in [-0.2, -0.15) is 0 Å². The van der Waals surface area contributed by atoms with E-state index in [-0.39, 0.29) is 23.0 Å². The minimum atomic E-state index is -0.248. The number of likely N-dealkylation sites (N-methyl/N-ethyl adjacent to an activating group) is 1. The van der Waals surface area contributed by atoms with E-state index in [4.69, 9.17) is 4.74 Å².